The van der Waals surface area contributed by atoms with Gasteiger partial charge in [-0.1, -0.05) is 18.2 Å². The standard InChI is InChI=1S/C15H17N5/c16-14-11-8-17-9-12(11)18-15(19-14)20-7-3-5-10-4-1-2-6-13(10)20/h1-2,4,6,17H,3,5,7-9H2,(H2,16,18,19). The van der Waals surface area contributed by atoms with Crippen LogP contribution in [0.4, 0.5) is 17.5 Å². The van der Waals surface area contributed by atoms with Crippen LogP contribution < -0.4 is 16.0 Å². The average Bonchev–Trinajstić information content (AvgIpc) is 2.95. The minimum Gasteiger partial charge on any atom is -0.383 e. The van der Waals surface area contributed by atoms with Crippen molar-refractivity contribution >= 4 is 17.5 Å². The van der Waals surface area contributed by atoms with Crippen LogP contribution in [-0.4, -0.2) is 16.5 Å². The monoisotopic (exact) mass is 267 g/mol. The summed E-state index contributed by atoms with van der Waals surface area (Å²) in [6, 6.07) is 8.47. The number of aromatic nitrogens is 2. The maximum absolute atomic E-state index is 6.08. The van der Waals surface area contributed by atoms with Gasteiger partial charge in [-0.05, 0) is 24.5 Å². The summed E-state index contributed by atoms with van der Waals surface area (Å²) in [5.74, 6) is 1.34. The number of nitrogens with one attached hydrogen (secondary N) is 1. The molecule has 2 aliphatic rings. The van der Waals surface area contributed by atoms with E-state index < -0.39 is 0 Å². The number of benzene rings is 1. The van der Waals surface area contributed by atoms with Crippen LogP contribution in [-0.2, 0) is 19.5 Å². The first kappa shape index (κ1) is 11.7. The Kier molecular flexibility index (Phi) is 2.60. The predicted octanol–water partition coefficient (Wildman–Crippen LogP) is 1.75. The van der Waals surface area contributed by atoms with E-state index in [4.69, 9.17) is 10.7 Å². The molecule has 0 amide bonds. The number of hydrogen-bond donors (Lipinski definition) is 2. The summed E-state index contributed by atoms with van der Waals surface area (Å²) in [4.78, 5) is 11.4. The molecule has 0 radical (unpaired) electrons. The van der Waals surface area contributed by atoms with Gasteiger partial charge in [-0.15, -0.1) is 0 Å². The second-order valence-electron chi connectivity index (χ2n) is 5.32. The van der Waals surface area contributed by atoms with Crippen molar-refractivity contribution in [2.75, 3.05) is 17.2 Å². The van der Waals surface area contributed by atoms with Gasteiger partial charge in [-0.3, -0.25) is 0 Å². The van der Waals surface area contributed by atoms with Gasteiger partial charge in [-0.2, -0.15) is 4.98 Å². The van der Waals surface area contributed by atoms with E-state index in [9.17, 15) is 0 Å². The van der Waals surface area contributed by atoms with Crippen molar-refractivity contribution in [3.05, 3.63) is 41.1 Å². The molecule has 2 aromatic rings. The zero-order valence-electron chi connectivity index (χ0n) is 11.3. The van der Waals surface area contributed by atoms with Gasteiger partial charge in [-0.25, -0.2) is 4.98 Å². The Hall–Kier alpha value is -2.14. The largest absolute Gasteiger partial charge is 0.383 e. The van der Waals surface area contributed by atoms with Crippen LogP contribution in [0.2, 0.25) is 0 Å². The van der Waals surface area contributed by atoms with E-state index in [2.05, 4.69) is 39.5 Å². The Morgan fingerprint density at radius 3 is 3.00 bits per heavy atom. The fraction of sp³-hybridized carbons (Fsp3) is 0.333. The van der Waals surface area contributed by atoms with Gasteiger partial charge in [0.2, 0.25) is 5.95 Å². The van der Waals surface area contributed by atoms with Gasteiger partial charge in [0.25, 0.3) is 0 Å². The molecule has 20 heavy (non-hydrogen) atoms. The van der Waals surface area contributed by atoms with E-state index in [1.807, 2.05) is 0 Å². The first-order valence-electron chi connectivity index (χ1n) is 7.04. The van der Waals surface area contributed by atoms with E-state index in [-0.39, 0.29) is 0 Å². The van der Waals surface area contributed by atoms with Crippen molar-refractivity contribution in [3.63, 3.8) is 0 Å². The van der Waals surface area contributed by atoms with E-state index in [1.54, 1.807) is 0 Å². The molecule has 0 unspecified atom stereocenters. The number of aryl methyl sites for hydroxylation is 1. The highest BCUT2D eigenvalue weighted by atomic mass is 15.3. The minimum absolute atomic E-state index is 0.609. The van der Waals surface area contributed by atoms with Gasteiger partial charge < -0.3 is 16.0 Å². The first-order chi connectivity index (χ1) is 9.83. The summed E-state index contributed by atoms with van der Waals surface area (Å²) in [5, 5.41) is 3.28. The fourth-order valence-corrected chi connectivity index (χ4v) is 3.04. The van der Waals surface area contributed by atoms with E-state index in [1.165, 1.54) is 11.3 Å². The lowest BCUT2D eigenvalue weighted by Gasteiger charge is -2.29. The molecule has 0 fully saturated rings. The highest BCUT2D eigenvalue weighted by molar-refractivity contribution is 5.65. The number of nitrogen functional groups attached to an aromatic ring is 1. The summed E-state index contributed by atoms with van der Waals surface area (Å²) in [6.45, 7) is 2.51. The first-order valence-corrected chi connectivity index (χ1v) is 7.04. The number of anilines is 3. The molecule has 2 aliphatic heterocycles. The second-order valence-corrected chi connectivity index (χ2v) is 5.32. The predicted molar refractivity (Wildman–Crippen MR) is 78.8 cm³/mol. The lowest BCUT2D eigenvalue weighted by Crippen LogP contribution is -2.27. The molecule has 0 spiro atoms. The van der Waals surface area contributed by atoms with E-state index in [0.29, 0.717) is 5.82 Å². The van der Waals surface area contributed by atoms with Crippen LogP contribution in [0.25, 0.3) is 0 Å². The van der Waals surface area contributed by atoms with Crippen LogP contribution in [0.1, 0.15) is 23.2 Å². The molecular weight excluding hydrogens is 250 g/mol. The molecule has 0 atom stereocenters. The molecule has 5 heteroatoms. The summed E-state index contributed by atoms with van der Waals surface area (Å²) >= 11 is 0. The van der Waals surface area contributed by atoms with Crippen LogP contribution in [0.15, 0.2) is 24.3 Å². The highest BCUT2D eigenvalue weighted by Gasteiger charge is 2.23. The molecule has 1 aromatic heterocycles. The summed E-state index contributed by atoms with van der Waals surface area (Å²) in [5.41, 5.74) is 10.7. The number of para-hydroxylation sites is 1. The molecule has 3 heterocycles. The van der Waals surface area contributed by atoms with Crippen molar-refractivity contribution in [2.45, 2.75) is 25.9 Å². The number of rotatable bonds is 1. The van der Waals surface area contributed by atoms with E-state index >= 15 is 0 Å². The Balaban J connectivity index is 1.81. The summed E-state index contributed by atoms with van der Waals surface area (Å²) in [7, 11) is 0. The molecule has 1 aromatic carbocycles. The lowest BCUT2D eigenvalue weighted by molar-refractivity contribution is 0.742. The number of nitrogens with zero attached hydrogens (tertiary/aromatic N) is 3. The van der Waals surface area contributed by atoms with Crippen LogP contribution in [0.5, 0.6) is 0 Å². The normalized spacial score (nSPS) is 16.9. The molecule has 102 valence electrons. The average molecular weight is 267 g/mol. The third-order valence-corrected chi connectivity index (χ3v) is 4.06. The maximum Gasteiger partial charge on any atom is 0.232 e. The Morgan fingerprint density at radius 1 is 1.15 bits per heavy atom. The zero-order valence-corrected chi connectivity index (χ0v) is 11.3. The summed E-state index contributed by atoms with van der Waals surface area (Å²) in [6.07, 6.45) is 2.24. The van der Waals surface area contributed by atoms with Crippen molar-refractivity contribution in [1.82, 2.24) is 15.3 Å². The zero-order chi connectivity index (χ0) is 13.5. The van der Waals surface area contributed by atoms with Gasteiger partial charge in [0.1, 0.15) is 5.82 Å². The maximum atomic E-state index is 6.08. The van der Waals surface area contributed by atoms with E-state index in [0.717, 1.165) is 49.7 Å². The van der Waals surface area contributed by atoms with Crippen molar-refractivity contribution < 1.29 is 0 Å². The molecule has 0 saturated carbocycles. The van der Waals surface area contributed by atoms with Crippen molar-refractivity contribution in [1.29, 1.82) is 0 Å². The highest BCUT2D eigenvalue weighted by Crippen LogP contribution is 2.32. The van der Waals surface area contributed by atoms with Gasteiger partial charge >= 0.3 is 0 Å². The minimum atomic E-state index is 0.609. The number of hydrogen-bond acceptors (Lipinski definition) is 5. The molecule has 0 aliphatic carbocycles. The molecular formula is C15H17N5. The van der Waals surface area contributed by atoms with Crippen molar-refractivity contribution in [3.8, 4) is 0 Å². The number of nitrogens with two attached hydrogens (primary N) is 1. The number of fused-ring (bicyclic) bond motifs is 2. The van der Waals surface area contributed by atoms with Crippen LogP contribution in [0, 0.1) is 0 Å². The lowest BCUT2D eigenvalue weighted by atomic mass is 10.0. The van der Waals surface area contributed by atoms with Crippen LogP contribution >= 0.6 is 0 Å². The third kappa shape index (κ3) is 1.74. The second kappa shape index (κ2) is 4.45. The van der Waals surface area contributed by atoms with Gasteiger partial charge in [0.05, 0.1) is 5.69 Å². The Bertz CT molecular complexity index is 667. The molecule has 0 bridgehead atoms. The molecule has 3 N–H and O–H groups in total. The van der Waals surface area contributed by atoms with Crippen molar-refractivity contribution in [2.24, 2.45) is 0 Å². The SMILES string of the molecule is Nc1nc(N2CCCc3ccccc32)nc2c1CNC2. The topological polar surface area (TPSA) is 67.1 Å². The Labute approximate surface area is 117 Å². The fourth-order valence-electron chi connectivity index (χ4n) is 3.04. The van der Waals surface area contributed by atoms with Gasteiger partial charge in [0, 0.05) is 30.9 Å². The van der Waals surface area contributed by atoms with Crippen LogP contribution in [0.3, 0.4) is 0 Å². The smallest absolute Gasteiger partial charge is 0.232 e. The molecule has 0 saturated heterocycles. The molecule has 4 rings (SSSR count). The molecule has 5 nitrogen and oxygen atoms in total. The Morgan fingerprint density at radius 2 is 2.05 bits per heavy atom. The quantitative estimate of drug-likeness (QED) is 0.824. The summed E-state index contributed by atoms with van der Waals surface area (Å²) < 4.78 is 0. The van der Waals surface area contributed by atoms with Gasteiger partial charge in [0.15, 0.2) is 0 Å². The third-order valence-electron chi connectivity index (χ3n) is 4.06.